The van der Waals surface area contributed by atoms with Crippen molar-refractivity contribution < 1.29 is 14.5 Å². The molecule has 0 saturated carbocycles. The number of benzene rings is 1. The lowest BCUT2D eigenvalue weighted by Gasteiger charge is -2.04. The summed E-state index contributed by atoms with van der Waals surface area (Å²) in [6, 6.07) is 5.76. The smallest absolute Gasteiger partial charge is 0.270 e. The van der Waals surface area contributed by atoms with E-state index >= 15 is 0 Å². The maximum atomic E-state index is 11.8. The number of ether oxygens (including phenoxy) is 1. The maximum Gasteiger partial charge on any atom is 0.270 e. The average molecular weight is 266 g/mol. The molecular weight excluding hydrogens is 248 g/mol. The number of ketones is 1. The zero-order valence-corrected chi connectivity index (χ0v) is 10.9. The number of carbonyl (C=O) groups is 1. The van der Waals surface area contributed by atoms with Crippen molar-refractivity contribution in [3.05, 3.63) is 39.9 Å². The molecule has 0 atom stereocenters. The van der Waals surface area contributed by atoms with Crippen molar-refractivity contribution in [3.8, 4) is 0 Å². The molecule has 0 spiro atoms. The molecule has 0 radical (unpaired) electrons. The molecule has 0 amide bonds. The van der Waals surface area contributed by atoms with Crippen LogP contribution in [0.2, 0.25) is 0 Å². The number of non-ortho nitro benzene ring substituents is 1. The first-order valence-electron chi connectivity index (χ1n) is 6.21. The van der Waals surface area contributed by atoms with Gasteiger partial charge in [0.2, 0.25) is 0 Å². The first kappa shape index (κ1) is 15.3. The van der Waals surface area contributed by atoms with Crippen LogP contribution in [0.4, 0.5) is 5.69 Å². The van der Waals surface area contributed by atoms with Gasteiger partial charge >= 0.3 is 0 Å². The van der Waals surface area contributed by atoms with Gasteiger partial charge in [0.15, 0.2) is 5.78 Å². The van der Waals surface area contributed by atoms with Crippen LogP contribution in [0.5, 0.6) is 0 Å². The summed E-state index contributed by atoms with van der Waals surface area (Å²) in [7, 11) is 0. The highest BCUT2D eigenvalue weighted by atomic mass is 16.6. The first-order chi connectivity index (χ1) is 9.15. The van der Waals surface area contributed by atoms with E-state index in [0.717, 1.165) is 6.42 Å². The summed E-state index contributed by atoms with van der Waals surface area (Å²) in [6.07, 6.45) is 0.829. The summed E-state index contributed by atoms with van der Waals surface area (Å²) in [5.74, 6) is -0.153. The van der Waals surface area contributed by atoms with E-state index < -0.39 is 4.92 Å². The minimum Gasteiger partial charge on any atom is -0.382 e. The molecule has 0 unspecified atom stereocenters. The van der Waals surface area contributed by atoms with E-state index in [-0.39, 0.29) is 18.0 Å². The normalized spacial score (nSPS) is 10.4. The Morgan fingerprint density at radius 2 is 2.26 bits per heavy atom. The monoisotopic (exact) mass is 266 g/mol. The lowest BCUT2D eigenvalue weighted by molar-refractivity contribution is -0.384. The van der Waals surface area contributed by atoms with Gasteiger partial charge in [0.1, 0.15) is 0 Å². The third-order valence-corrected chi connectivity index (χ3v) is 2.51. The molecule has 19 heavy (non-hydrogen) atoms. The van der Waals surface area contributed by atoms with Gasteiger partial charge in [-0.15, -0.1) is 0 Å². The second-order valence-corrected chi connectivity index (χ2v) is 3.96. The summed E-state index contributed by atoms with van der Waals surface area (Å²) >= 11 is 0. The number of nitro groups is 1. The van der Waals surface area contributed by atoms with Crippen LogP contribution in [0.1, 0.15) is 23.7 Å². The van der Waals surface area contributed by atoms with Gasteiger partial charge in [0.05, 0.1) is 11.5 Å². The van der Waals surface area contributed by atoms with Gasteiger partial charge < -0.3 is 10.1 Å². The largest absolute Gasteiger partial charge is 0.382 e. The van der Waals surface area contributed by atoms with Crippen LogP contribution in [0.3, 0.4) is 0 Å². The third-order valence-electron chi connectivity index (χ3n) is 2.51. The van der Waals surface area contributed by atoms with Crippen molar-refractivity contribution in [1.29, 1.82) is 0 Å². The molecular formula is C13H18N2O4. The molecule has 1 N–H and O–H groups in total. The quantitative estimate of drug-likeness (QED) is 0.319. The Labute approximate surface area is 111 Å². The van der Waals surface area contributed by atoms with Crippen molar-refractivity contribution in [2.75, 3.05) is 26.3 Å². The Morgan fingerprint density at radius 3 is 2.95 bits per heavy atom. The molecule has 1 aromatic rings. The fraction of sp³-hybridized carbons (Fsp3) is 0.462. The summed E-state index contributed by atoms with van der Waals surface area (Å²) in [5, 5.41) is 13.6. The average Bonchev–Trinajstić information content (AvgIpc) is 2.42. The topological polar surface area (TPSA) is 81.5 Å². The van der Waals surface area contributed by atoms with E-state index in [4.69, 9.17) is 4.74 Å². The fourth-order valence-electron chi connectivity index (χ4n) is 1.54. The van der Waals surface area contributed by atoms with Crippen LogP contribution >= 0.6 is 0 Å². The van der Waals surface area contributed by atoms with Gasteiger partial charge in [-0.05, 0) is 19.9 Å². The predicted molar refractivity (Wildman–Crippen MR) is 71.4 cm³/mol. The molecule has 0 aliphatic rings. The molecule has 0 fully saturated rings. The van der Waals surface area contributed by atoms with Gasteiger partial charge in [-0.1, -0.05) is 12.1 Å². The Bertz CT molecular complexity index is 434. The molecule has 6 heteroatoms. The first-order valence-corrected chi connectivity index (χ1v) is 6.21. The zero-order chi connectivity index (χ0) is 14.1. The minimum absolute atomic E-state index is 0.0674. The number of nitrogens with zero attached hydrogens (tertiary/aromatic N) is 1. The van der Waals surface area contributed by atoms with Gasteiger partial charge in [-0.3, -0.25) is 14.9 Å². The Kier molecular flexibility index (Phi) is 6.70. The molecule has 0 aliphatic carbocycles. The van der Waals surface area contributed by atoms with E-state index in [0.29, 0.717) is 25.3 Å². The van der Waals surface area contributed by atoms with Gasteiger partial charge in [-0.2, -0.15) is 0 Å². The third kappa shape index (κ3) is 5.58. The number of hydrogen-bond donors (Lipinski definition) is 1. The second kappa shape index (κ2) is 8.34. The Hall–Kier alpha value is -1.79. The Morgan fingerprint density at radius 1 is 1.47 bits per heavy atom. The van der Waals surface area contributed by atoms with Crippen LogP contribution in [0.15, 0.2) is 24.3 Å². The van der Waals surface area contributed by atoms with E-state index in [1.54, 1.807) is 6.07 Å². The van der Waals surface area contributed by atoms with Crippen LogP contribution in [0, 0.1) is 10.1 Å². The lowest BCUT2D eigenvalue weighted by Crippen LogP contribution is -2.24. The number of nitro benzene ring substituents is 1. The number of rotatable bonds is 9. The molecule has 0 bridgehead atoms. The maximum absolute atomic E-state index is 11.8. The van der Waals surface area contributed by atoms with E-state index in [1.165, 1.54) is 18.2 Å². The summed E-state index contributed by atoms with van der Waals surface area (Å²) in [5.41, 5.74) is 0.286. The van der Waals surface area contributed by atoms with Crippen molar-refractivity contribution in [3.63, 3.8) is 0 Å². The molecule has 0 saturated heterocycles. The fourth-order valence-corrected chi connectivity index (χ4v) is 1.54. The van der Waals surface area contributed by atoms with Crippen molar-refractivity contribution >= 4 is 11.5 Å². The zero-order valence-electron chi connectivity index (χ0n) is 10.9. The van der Waals surface area contributed by atoms with Gasteiger partial charge in [-0.25, -0.2) is 0 Å². The highest BCUT2D eigenvalue weighted by Crippen LogP contribution is 2.13. The van der Waals surface area contributed by atoms with E-state index in [2.05, 4.69) is 5.32 Å². The SMILES string of the molecule is CCOCCCNCC(=O)c1cccc([N+](=O)[O-])c1. The molecule has 6 nitrogen and oxygen atoms in total. The second-order valence-electron chi connectivity index (χ2n) is 3.96. The van der Waals surface area contributed by atoms with Crippen molar-refractivity contribution in [2.24, 2.45) is 0 Å². The van der Waals surface area contributed by atoms with Gasteiger partial charge in [0.25, 0.3) is 5.69 Å². The molecule has 0 aliphatic heterocycles. The summed E-state index contributed by atoms with van der Waals surface area (Å²) in [4.78, 5) is 21.9. The highest BCUT2D eigenvalue weighted by molar-refractivity contribution is 5.98. The number of Topliss-reactive ketones (excluding diaryl/α,β-unsaturated/α-hetero) is 1. The molecule has 1 rings (SSSR count). The van der Waals surface area contributed by atoms with Crippen molar-refractivity contribution in [1.82, 2.24) is 5.32 Å². The molecule has 0 heterocycles. The molecule has 0 aromatic heterocycles. The van der Waals surface area contributed by atoms with Crippen LogP contribution in [-0.2, 0) is 4.74 Å². The minimum atomic E-state index is -0.508. The number of hydrogen-bond acceptors (Lipinski definition) is 5. The van der Waals surface area contributed by atoms with E-state index in [9.17, 15) is 14.9 Å². The van der Waals surface area contributed by atoms with E-state index in [1.807, 2.05) is 6.92 Å². The molecule has 104 valence electrons. The standard InChI is InChI=1S/C13H18N2O4/c1-2-19-8-4-7-14-10-13(16)11-5-3-6-12(9-11)15(17)18/h3,5-6,9,14H,2,4,7-8,10H2,1H3. The summed E-state index contributed by atoms with van der Waals surface area (Å²) in [6.45, 7) is 4.13. The van der Waals surface area contributed by atoms with Crippen molar-refractivity contribution in [2.45, 2.75) is 13.3 Å². The highest BCUT2D eigenvalue weighted by Gasteiger charge is 2.10. The Balaban J connectivity index is 2.37. The molecule has 1 aromatic carbocycles. The van der Waals surface area contributed by atoms with Gasteiger partial charge in [0, 0.05) is 30.9 Å². The number of nitrogens with one attached hydrogen (secondary N) is 1. The van der Waals surface area contributed by atoms with Crippen LogP contribution < -0.4 is 5.32 Å². The van der Waals surface area contributed by atoms with Crippen LogP contribution in [0.25, 0.3) is 0 Å². The summed E-state index contributed by atoms with van der Waals surface area (Å²) < 4.78 is 5.17. The van der Waals surface area contributed by atoms with Crippen LogP contribution in [-0.4, -0.2) is 37.0 Å². The number of carbonyl (C=O) groups excluding carboxylic acids is 1. The predicted octanol–water partition coefficient (Wildman–Crippen LogP) is 1.79. The lowest BCUT2D eigenvalue weighted by atomic mass is 10.1.